The lowest BCUT2D eigenvalue weighted by Crippen LogP contribution is -2.33. The summed E-state index contributed by atoms with van der Waals surface area (Å²) in [5.41, 5.74) is 1.03. The second kappa shape index (κ2) is 6.59. The number of carbonyl (C=O) groups is 1. The van der Waals surface area contributed by atoms with Crippen LogP contribution in [0.4, 0.5) is 0 Å². The maximum Gasteiger partial charge on any atom is 0.190 e. The molecular formula is C15H20Br2O2S. The van der Waals surface area contributed by atoms with Crippen molar-refractivity contribution < 1.29 is 9.53 Å². The lowest BCUT2D eigenvalue weighted by atomic mass is 9.71. The Morgan fingerprint density at radius 1 is 1.45 bits per heavy atom. The number of Topliss-reactive ketones (excluding diaryl/α,β-unsaturated/α-hetero) is 1. The second-order valence-electron chi connectivity index (χ2n) is 6.51. The number of halogens is 2. The van der Waals surface area contributed by atoms with E-state index in [0.717, 1.165) is 20.4 Å². The molecule has 1 aliphatic rings. The molecule has 1 saturated carbocycles. The van der Waals surface area contributed by atoms with Gasteiger partial charge >= 0.3 is 0 Å². The normalized spacial score (nSPS) is 25.6. The van der Waals surface area contributed by atoms with Crippen molar-refractivity contribution in [3.05, 3.63) is 19.2 Å². The molecule has 2 rings (SSSR count). The first-order valence-electron chi connectivity index (χ1n) is 6.86. The summed E-state index contributed by atoms with van der Waals surface area (Å²) in [6.45, 7) is 7.02. The minimum absolute atomic E-state index is 0.0508. The van der Waals surface area contributed by atoms with Crippen LogP contribution in [0, 0.1) is 11.3 Å². The first kappa shape index (κ1) is 16.7. The topological polar surface area (TPSA) is 26.3 Å². The van der Waals surface area contributed by atoms with Crippen LogP contribution in [0.1, 0.15) is 50.4 Å². The summed E-state index contributed by atoms with van der Waals surface area (Å²) in [6.07, 6.45) is 3.55. The third-order valence-corrected chi connectivity index (χ3v) is 6.09. The molecule has 0 saturated heterocycles. The Hall–Kier alpha value is 0.290. The van der Waals surface area contributed by atoms with Crippen molar-refractivity contribution in [3.8, 4) is 0 Å². The van der Waals surface area contributed by atoms with Crippen molar-refractivity contribution in [2.24, 2.45) is 11.3 Å². The van der Waals surface area contributed by atoms with Crippen molar-refractivity contribution in [3.63, 3.8) is 0 Å². The molecule has 0 aromatic carbocycles. The van der Waals surface area contributed by atoms with Crippen LogP contribution in [0.15, 0.2) is 13.6 Å². The first-order chi connectivity index (χ1) is 9.27. The van der Waals surface area contributed by atoms with Crippen LogP contribution in [-0.2, 0) is 4.74 Å². The van der Waals surface area contributed by atoms with Crippen LogP contribution < -0.4 is 0 Å². The van der Waals surface area contributed by atoms with Crippen LogP contribution in [0.5, 0.6) is 0 Å². The monoisotopic (exact) mass is 422 g/mol. The third kappa shape index (κ3) is 4.39. The molecule has 112 valence electrons. The molecule has 1 aliphatic carbocycles. The van der Waals surface area contributed by atoms with Gasteiger partial charge in [-0.25, -0.2) is 0 Å². The predicted octanol–water partition coefficient (Wildman–Crippen LogP) is 5.69. The molecule has 1 aromatic heterocycles. The Morgan fingerprint density at radius 3 is 2.70 bits per heavy atom. The van der Waals surface area contributed by atoms with Gasteiger partial charge in [-0.15, -0.1) is 11.3 Å². The van der Waals surface area contributed by atoms with E-state index < -0.39 is 0 Å². The standard InChI is InChI=1S/C15H20Br2O2S/c1-9-4-10(7-15(2,3)6-9)19-8-12(18)11-5-13(16)20-14(11)17/h5,9-10H,4,6-8H2,1-3H3. The van der Waals surface area contributed by atoms with E-state index in [0.29, 0.717) is 16.9 Å². The number of rotatable bonds is 4. The lowest BCUT2D eigenvalue weighted by molar-refractivity contribution is -0.0167. The Bertz CT molecular complexity index is 496. The van der Waals surface area contributed by atoms with Gasteiger partial charge in [0.2, 0.25) is 0 Å². The molecule has 2 atom stereocenters. The average molecular weight is 424 g/mol. The fourth-order valence-electron chi connectivity index (χ4n) is 3.19. The molecule has 2 unspecified atom stereocenters. The van der Waals surface area contributed by atoms with E-state index in [1.807, 2.05) is 6.07 Å². The fourth-order valence-corrected chi connectivity index (χ4v) is 6.04. The molecule has 0 spiro atoms. The van der Waals surface area contributed by atoms with Gasteiger partial charge in [0.1, 0.15) is 6.61 Å². The minimum atomic E-state index is 0.0508. The maximum atomic E-state index is 12.2. The van der Waals surface area contributed by atoms with Gasteiger partial charge in [-0.3, -0.25) is 4.79 Å². The highest BCUT2D eigenvalue weighted by molar-refractivity contribution is 9.12. The summed E-state index contributed by atoms with van der Waals surface area (Å²) in [5.74, 6) is 0.718. The van der Waals surface area contributed by atoms with Gasteiger partial charge in [0, 0.05) is 5.56 Å². The lowest BCUT2D eigenvalue weighted by Gasteiger charge is -2.38. The summed E-state index contributed by atoms with van der Waals surface area (Å²) >= 11 is 8.34. The zero-order chi connectivity index (χ0) is 14.9. The van der Waals surface area contributed by atoms with Crippen LogP contribution in [0.2, 0.25) is 0 Å². The van der Waals surface area contributed by atoms with Crippen molar-refractivity contribution >= 4 is 49.0 Å². The van der Waals surface area contributed by atoms with Crippen LogP contribution >= 0.6 is 43.2 Å². The average Bonchev–Trinajstić information content (AvgIpc) is 2.63. The largest absolute Gasteiger partial charge is 0.370 e. The van der Waals surface area contributed by atoms with Gasteiger partial charge in [0.15, 0.2) is 5.78 Å². The Balaban J connectivity index is 1.92. The van der Waals surface area contributed by atoms with Gasteiger partial charge in [-0.05, 0) is 68.5 Å². The Labute approximate surface area is 141 Å². The number of carbonyl (C=O) groups excluding carboxylic acids is 1. The highest BCUT2D eigenvalue weighted by Gasteiger charge is 2.32. The van der Waals surface area contributed by atoms with Gasteiger partial charge < -0.3 is 4.74 Å². The molecule has 0 aliphatic heterocycles. The number of ketones is 1. The summed E-state index contributed by atoms with van der Waals surface area (Å²) in [7, 11) is 0. The smallest absolute Gasteiger partial charge is 0.190 e. The molecule has 2 nitrogen and oxygen atoms in total. The first-order valence-corrected chi connectivity index (χ1v) is 9.27. The van der Waals surface area contributed by atoms with Gasteiger partial charge in [-0.1, -0.05) is 20.8 Å². The van der Waals surface area contributed by atoms with E-state index in [1.54, 1.807) is 0 Å². The van der Waals surface area contributed by atoms with E-state index in [2.05, 4.69) is 52.6 Å². The summed E-state index contributed by atoms with van der Waals surface area (Å²) in [6, 6.07) is 1.86. The van der Waals surface area contributed by atoms with Crippen LogP contribution in [0.25, 0.3) is 0 Å². The van der Waals surface area contributed by atoms with Gasteiger partial charge in [0.25, 0.3) is 0 Å². The molecule has 5 heteroatoms. The number of thiophene rings is 1. The molecule has 0 bridgehead atoms. The van der Waals surface area contributed by atoms with E-state index in [1.165, 1.54) is 17.8 Å². The summed E-state index contributed by atoms with van der Waals surface area (Å²) in [5, 5.41) is 0. The zero-order valence-electron chi connectivity index (χ0n) is 12.0. The van der Waals surface area contributed by atoms with E-state index >= 15 is 0 Å². The highest BCUT2D eigenvalue weighted by atomic mass is 79.9. The van der Waals surface area contributed by atoms with E-state index in [9.17, 15) is 4.79 Å². The van der Waals surface area contributed by atoms with Crippen molar-refractivity contribution in [1.82, 2.24) is 0 Å². The third-order valence-electron chi connectivity index (χ3n) is 3.75. The van der Waals surface area contributed by atoms with Crippen LogP contribution in [0.3, 0.4) is 0 Å². The predicted molar refractivity (Wildman–Crippen MR) is 90.6 cm³/mol. The molecule has 1 heterocycles. The summed E-state index contributed by atoms with van der Waals surface area (Å²) in [4.78, 5) is 12.2. The number of hydrogen-bond acceptors (Lipinski definition) is 3. The van der Waals surface area contributed by atoms with Gasteiger partial charge in [0.05, 0.1) is 13.7 Å². The molecular weight excluding hydrogens is 404 g/mol. The zero-order valence-corrected chi connectivity index (χ0v) is 16.0. The molecule has 0 N–H and O–H groups in total. The summed E-state index contributed by atoms with van der Waals surface area (Å²) < 4.78 is 7.72. The van der Waals surface area contributed by atoms with E-state index in [-0.39, 0.29) is 18.5 Å². The Kier molecular flexibility index (Phi) is 5.49. The van der Waals surface area contributed by atoms with Crippen LogP contribution in [-0.4, -0.2) is 18.5 Å². The van der Waals surface area contributed by atoms with Crippen molar-refractivity contribution in [2.45, 2.75) is 46.1 Å². The minimum Gasteiger partial charge on any atom is -0.370 e. The molecule has 1 fully saturated rings. The fraction of sp³-hybridized carbons (Fsp3) is 0.667. The molecule has 0 radical (unpaired) electrons. The molecule has 20 heavy (non-hydrogen) atoms. The Morgan fingerprint density at radius 2 is 2.15 bits per heavy atom. The molecule has 1 aromatic rings. The SMILES string of the molecule is CC1CC(OCC(=O)c2cc(Br)sc2Br)CC(C)(C)C1. The van der Waals surface area contributed by atoms with E-state index in [4.69, 9.17) is 4.74 Å². The number of hydrogen-bond donors (Lipinski definition) is 0. The quantitative estimate of drug-likeness (QED) is 0.581. The second-order valence-corrected chi connectivity index (χ2v) is 10.3. The van der Waals surface area contributed by atoms with Crippen molar-refractivity contribution in [1.29, 1.82) is 0 Å². The van der Waals surface area contributed by atoms with Gasteiger partial charge in [-0.2, -0.15) is 0 Å². The maximum absolute atomic E-state index is 12.2. The van der Waals surface area contributed by atoms with Crippen molar-refractivity contribution in [2.75, 3.05) is 6.61 Å². The number of ether oxygens (including phenoxy) is 1. The molecule has 0 amide bonds. The highest BCUT2D eigenvalue weighted by Crippen LogP contribution is 2.39.